The molecule has 0 aliphatic rings. The lowest BCUT2D eigenvalue weighted by molar-refractivity contribution is 0.473. The van der Waals surface area contributed by atoms with Crippen LogP contribution in [0.2, 0.25) is 0 Å². The first-order valence-corrected chi connectivity index (χ1v) is 6.27. The summed E-state index contributed by atoms with van der Waals surface area (Å²) in [6.45, 7) is 6.72. The first-order chi connectivity index (χ1) is 7.86. The number of tetrazole rings is 1. The number of aromatic nitrogens is 4. The molecule has 0 bridgehead atoms. The van der Waals surface area contributed by atoms with Gasteiger partial charge in [-0.05, 0) is 17.7 Å². The molecule has 1 aromatic heterocycles. The van der Waals surface area contributed by atoms with Gasteiger partial charge in [0.2, 0.25) is 0 Å². The predicted molar refractivity (Wildman–Crippen MR) is 65.9 cm³/mol. The van der Waals surface area contributed by atoms with E-state index >= 15 is 0 Å². The molecule has 16 heavy (non-hydrogen) atoms. The molecule has 0 atom stereocenters. The molecule has 0 aliphatic carbocycles. The van der Waals surface area contributed by atoms with Crippen LogP contribution in [0.15, 0.2) is 6.58 Å². The highest BCUT2D eigenvalue weighted by Crippen LogP contribution is 2.07. The average Bonchev–Trinajstić information content (AvgIpc) is 2.76. The molecule has 1 rings (SSSR count). The maximum absolute atomic E-state index is 4.15. The van der Waals surface area contributed by atoms with Gasteiger partial charge in [-0.25, -0.2) is 0 Å². The number of hydrogen-bond acceptors (Lipinski definition) is 3. The normalized spacial score (nSPS) is 10.6. The highest BCUT2D eigenvalue weighted by Gasteiger charge is 1.97. The van der Waals surface area contributed by atoms with Crippen molar-refractivity contribution in [2.24, 2.45) is 0 Å². The summed E-state index contributed by atoms with van der Waals surface area (Å²) in [4.78, 5) is 1.66. The van der Waals surface area contributed by atoms with Crippen molar-refractivity contribution in [2.75, 3.05) is 0 Å². The maximum atomic E-state index is 4.15. The Hall–Kier alpha value is -1.19. The zero-order chi connectivity index (χ0) is 11.6. The van der Waals surface area contributed by atoms with E-state index in [-0.39, 0.29) is 0 Å². The van der Waals surface area contributed by atoms with E-state index in [9.17, 15) is 0 Å². The van der Waals surface area contributed by atoms with Gasteiger partial charge in [0.25, 0.3) is 0 Å². The van der Waals surface area contributed by atoms with Crippen LogP contribution in [0.25, 0.3) is 6.08 Å². The highest BCUT2D eigenvalue weighted by atomic mass is 15.6. The van der Waals surface area contributed by atoms with E-state index in [4.69, 9.17) is 0 Å². The number of nitrogens with zero attached hydrogens (tertiary/aromatic N) is 4. The van der Waals surface area contributed by atoms with E-state index in [1.807, 2.05) is 0 Å². The SMILES string of the molecule is C=Cc1nnn(CCCCCCCCC)n1. The first-order valence-electron chi connectivity index (χ1n) is 6.27. The van der Waals surface area contributed by atoms with E-state index in [1.54, 1.807) is 10.9 Å². The van der Waals surface area contributed by atoms with Crippen LogP contribution in [0.5, 0.6) is 0 Å². The van der Waals surface area contributed by atoms with Crippen LogP contribution in [0.3, 0.4) is 0 Å². The van der Waals surface area contributed by atoms with Gasteiger partial charge >= 0.3 is 0 Å². The fourth-order valence-electron chi connectivity index (χ4n) is 1.64. The van der Waals surface area contributed by atoms with Gasteiger partial charge in [-0.2, -0.15) is 4.80 Å². The van der Waals surface area contributed by atoms with Crippen molar-refractivity contribution < 1.29 is 0 Å². The molecule has 90 valence electrons. The zero-order valence-electron chi connectivity index (χ0n) is 10.2. The van der Waals surface area contributed by atoms with Crippen molar-refractivity contribution >= 4 is 6.08 Å². The van der Waals surface area contributed by atoms with E-state index in [0.717, 1.165) is 13.0 Å². The number of rotatable bonds is 9. The van der Waals surface area contributed by atoms with Crippen LogP contribution >= 0.6 is 0 Å². The fourth-order valence-corrected chi connectivity index (χ4v) is 1.64. The van der Waals surface area contributed by atoms with Crippen LogP contribution < -0.4 is 0 Å². The van der Waals surface area contributed by atoms with E-state index in [2.05, 4.69) is 28.9 Å². The van der Waals surface area contributed by atoms with E-state index < -0.39 is 0 Å². The molecule has 0 unspecified atom stereocenters. The van der Waals surface area contributed by atoms with Crippen molar-refractivity contribution in [1.29, 1.82) is 0 Å². The fraction of sp³-hybridized carbons (Fsp3) is 0.750. The van der Waals surface area contributed by atoms with Gasteiger partial charge in [-0.15, -0.1) is 10.2 Å². The summed E-state index contributed by atoms with van der Waals surface area (Å²) in [7, 11) is 0. The molecule has 0 radical (unpaired) electrons. The first kappa shape index (κ1) is 12.9. The lowest BCUT2D eigenvalue weighted by Crippen LogP contribution is -2.02. The average molecular weight is 222 g/mol. The lowest BCUT2D eigenvalue weighted by atomic mass is 10.1. The molecule has 4 nitrogen and oxygen atoms in total. The smallest absolute Gasteiger partial charge is 0.164 e. The van der Waals surface area contributed by atoms with E-state index in [0.29, 0.717) is 5.82 Å². The molecule has 0 amide bonds. The van der Waals surface area contributed by atoms with E-state index in [1.165, 1.54) is 38.5 Å². The number of hydrogen-bond donors (Lipinski definition) is 0. The second-order valence-electron chi connectivity index (χ2n) is 4.07. The summed E-state index contributed by atoms with van der Waals surface area (Å²) in [5.41, 5.74) is 0. The summed E-state index contributed by atoms with van der Waals surface area (Å²) >= 11 is 0. The Kier molecular flexibility index (Phi) is 6.45. The number of unbranched alkanes of at least 4 members (excludes halogenated alkanes) is 6. The van der Waals surface area contributed by atoms with Gasteiger partial charge in [0.05, 0.1) is 6.54 Å². The molecule has 0 saturated heterocycles. The topological polar surface area (TPSA) is 43.6 Å². The van der Waals surface area contributed by atoms with Crippen molar-refractivity contribution in [3.63, 3.8) is 0 Å². The summed E-state index contributed by atoms with van der Waals surface area (Å²) in [5, 5.41) is 11.9. The van der Waals surface area contributed by atoms with Crippen LogP contribution in [-0.4, -0.2) is 20.2 Å². The standard InChI is InChI=1S/C12H22N4/c1-3-5-6-7-8-9-10-11-16-14-12(4-2)13-15-16/h4H,2-3,5-11H2,1H3. The molecule has 0 saturated carbocycles. The van der Waals surface area contributed by atoms with Crippen LogP contribution in [0.4, 0.5) is 0 Å². The molecule has 0 aromatic carbocycles. The van der Waals surface area contributed by atoms with Gasteiger partial charge in [0, 0.05) is 0 Å². The largest absolute Gasteiger partial charge is 0.197 e. The molecule has 0 spiro atoms. The molecular formula is C12H22N4. The van der Waals surface area contributed by atoms with Crippen LogP contribution in [-0.2, 0) is 6.54 Å². The monoisotopic (exact) mass is 222 g/mol. The Balaban J connectivity index is 2.00. The third-order valence-corrected chi connectivity index (χ3v) is 2.61. The van der Waals surface area contributed by atoms with Crippen molar-refractivity contribution in [1.82, 2.24) is 20.2 Å². The molecule has 1 aromatic rings. The second kappa shape index (κ2) is 8.02. The lowest BCUT2D eigenvalue weighted by Gasteiger charge is -2.00. The Morgan fingerprint density at radius 1 is 1.12 bits per heavy atom. The molecule has 0 fully saturated rings. The van der Waals surface area contributed by atoms with Gasteiger partial charge in [0.1, 0.15) is 0 Å². The summed E-state index contributed by atoms with van der Waals surface area (Å²) < 4.78 is 0. The quantitative estimate of drug-likeness (QED) is 0.603. The predicted octanol–water partition coefficient (Wildman–Crippen LogP) is 3.07. The van der Waals surface area contributed by atoms with Crippen LogP contribution in [0, 0.1) is 0 Å². The second-order valence-corrected chi connectivity index (χ2v) is 4.07. The Bertz CT molecular complexity index is 293. The van der Waals surface area contributed by atoms with Crippen molar-refractivity contribution in [2.45, 2.75) is 58.4 Å². The van der Waals surface area contributed by atoms with Crippen molar-refractivity contribution in [3.8, 4) is 0 Å². The maximum Gasteiger partial charge on any atom is 0.197 e. The van der Waals surface area contributed by atoms with Gasteiger partial charge in [0.15, 0.2) is 5.82 Å². The number of aryl methyl sites for hydroxylation is 1. The summed E-state index contributed by atoms with van der Waals surface area (Å²) in [5.74, 6) is 0.614. The third-order valence-electron chi connectivity index (χ3n) is 2.61. The Morgan fingerprint density at radius 2 is 1.81 bits per heavy atom. The summed E-state index contributed by atoms with van der Waals surface area (Å²) in [6.07, 6.45) is 10.8. The van der Waals surface area contributed by atoms with Crippen molar-refractivity contribution in [3.05, 3.63) is 12.4 Å². The molecule has 0 N–H and O–H groups in total. The molecule has 4 heteroatoms. The third kappa shape index (κ3) is 5.05. The van der Waals surface area contributed by atoms with Gasteiger partial charge in [-0.3, -0.25) is 0 Å². The zero-order valence-corrected chi connectivity index (χ0v) is 10.2. The minimum Gasteiger partial charge on any atom is -0.164 e. The van der Waals surface area contributed by atoms with Gasteiger partial charge < -0.3 is 0 Å². The minimum absolute atomic E-state index is 0.614. The summed E-state index contributed by atoms with van der Waals surface area (Å²) in [6, 6.07) is 0. The Morgan fingerprint density at radius 3 is 2.44 bits per heavy atom. The minimum atomic E-state index is 0.614. The Labute approximate surface area is 97.7 Å². The molecule has 1 heterocycles. The van der Waals surface area contributed by atoms with Gasteiger partial charge in [-0.1, -0.05) is 52.0 Å². The van der Waals surface area contributed by atoms with Crippen LogP contribution in [0.1, 0.15) is 57.7 Å². The molecular weight excluding hydrogens is 200 g/mol. The molecule has 0 aliphatic heterocycles. The highest BCUT2D eigenvalue weighted by molar-refractivity contribution is 5.33.